The quantitative estimate of drug-likeness (QED) is 0.842. The summed E-state index contributed by atoms with van der Waals surface area (Å²) in [4.78, 5) is 29.0. The zero-order chi connectivity index (χ0) is 18.5. The van der Waals surface area contributed by atoms with Crippen molar-refractivity contribution in [2.45, 2.75) is 52.0 Å². The summed E-state index contributed by atoms with van der Waals surface area (Å²) in [6.45, 7) is 7.43. The van der Waals surface area contributed by atoms with Crippen LogP contribution in [-0.2, 0) is 0 Å². The number of nitrogens with one attached hydrogen (secondary N) is 1. The van der Waals surface area contributed by atoms with Crippen LogP contribution in [0.1, 0.15) is 53.6 Å². The number of Topliss-reactive ketones (excluding diaryl/α,β-unsaturated/α-hetero) is 1. The minimum absolute atomic E-state index is 0.0667. The van der Waals surface area contributed by atoms with Crippen molar-refractivity contribution >= 4 is 11.8 Å². The van der Waals surface area contributed by atoms with Crippen LogP contribution >= 0.6 is 0 Å². The van der Waals surface area contributed by atoms with Gasteiger partial charge in [-0.25, -0.2) is 4.79 Å². The summed E-state index contributed by atoms with van der Waals surface area (Å²) in [5.74, 6) is 0.160. The second kappa shape index (κ2) is 8.67. The van der Waals surface area contributed by atoms with Gasteiger partial charge in [-0.15, -0.1) is 0 Å². The summed E-state index contributed by atoms with van der Waals surface area (Å²) in [7, 11) is 0. The molecule has 1 saturated carbocycles. The monoisotopic (exact) mass is 357 g/mol. The predicted octanol–water partition coefficient (Wildman–Crippen LogP) is 3.15. The minimum Gasteiger partial charge on any atom is -0.335 e. The highest BCUT2D eigenvalue weighted by atomic mass is 16.2. The standard InChI is InChI=1S/C21H31N3O2/c1-16-8-9-18(14-17(16)2)20(25)15-23-10-12-24(13-11-23)21(26)22-19-6-4-3-5-7-19/h8-9,14,19H,3-7,10-13,15H2,1-2H3,(H,22,26). The lowest BCUT2D eigenvalue weighted by Gasteiger charge is -2.35. The van der Waals surface area contributed by atoms with Crippen molar-refractivity contribution in [3.63, 3.8) is 0 Å². The molecular formula is C21H31N3O2. The predicted molar refractivity (Wildman–Crippen MR) is 104 cm³/mol. The van der Waals surface area contributed by atoms with Gasteiger partial charge in [0.05, 0.1) is 6.54 Å². The Hall–Kier alpha value is -1.88. The van der Waals surface area contributed by atoms with Gasteiger partial charge in [0.15, 0.2) is 5.78 Å². The van der Waals surface area contributed by atoms with E-state index in [0.717, 1.165) is 37.1 Å². The van der Waals surface area contributed by atoms with Gasteiger partial charge in [0.1, 0.15) is 0 Å². The van der Waals surface area contributed by atoms with Gasteiger partial charge in [0.2, 0.25) is 0 Å². The van der Waals surface area contributed by atoms with E-state index in [9.17, 15) is 9.59 Å². The molecule has 3 rings (SSSR count). The number of benzene rings is 1. The number of hydrogen-bond acceptors (Lipinski definition) is 3. The summed E-state index contributed by atoms with van der Waals surface area (Å²) in [5, 5.41) is 3.18. The van der Waals surface area contributed by atoms with Gasteiger partial charge in [-0.1, -0.05) is 31.4 Å². The lowest BCUT2D eigenvalue weighted by molar-refractivity contribution is 0.0876. The molecule has 0 spiro atoms. The molecule has 1 aliphatic carbocycles. The molecule has 1 aromatic carbocycles. The first kappa shape index (κ1) is 18.9. The average molecular weight is 357 g/mol. The van der Waals surface area contributed by atoms with Crippen LogP contribution < -0.4 is 5.32 Å². The van der Waals surface area contributed by atoms with Crippen molar-refractivity contribution < 1.29 is 9.59 Å². The second-order valence-corrected chi connectivity index (χ2v) is 7.77. The highest BCUT2D eigenvalue weighted by Crippen LogP contribution is 2.18. The lowest BCUT2D eigenvalue weighted by Crippen LogP contribution is -2.54. The molecule has 1 aromatic rings. The van der Waals surface area contributed by atoms with E-state index in [1.165, 1.54) is 24.8 Å². The molecule has 1 saturated heterocycles. The summed E-state index contributed by atoms with van der Waals surface area (Å²) in [6.07, 6.45) is 5.95. The molecule has 1 heterocycles. The first-order valence-corrected chi connectivity index (χ1v) is 9.91. The van der Waals surface area contributed by atoms with Crippen molar-refractivity contribution in [3.05, 3.63) is 34.9 Å². The van der Waals surface area contributed by atoms with Crippen molar-refractivity contribution in [2.75, 3.05) is 32.7 Å². The number of aryl methyl sites for hydroxylation is 2. The van der Waals surface area contributed by atoms with Gasteiger partial charge in [0, 0.05) is 37.8 Å². The Morgan fingerprint density at radius 2 is 1.69 bits per heavy atom. The SMILES string of the molecule is Cc1ccc(C(=O)CN2CCN(C(=O)NC3CCCCC3)CC2)cc1C. The van der Waals surface area contributed by atoms with E-state index in [2.05, 4.69) is 17.1 Å². The fraction of sp³-hybridized carbons (Fsp3) is 0.619. The van der Waals surface area contributed by atoms with Gasteiger partial charge in [-0.3, -0.25) is 9.69 Å². The summed E-state index contributed by atoms with van der Waals surface area (Å²) < 4.78 is 0. The molecule has 1 N–H and O–H groups in total. The molecule has 142 valence electrons. The Morgan fingerprint density at radius 3 is 2.35 bits per heavy atom. The van der Waals surface area contributed by atoms with E-state index in [0.29, 0.717) is 25.7 Å². The van der Waals surface area contributed by atoms with Gasteiger partial charge in [-0.2, -0.15) is 0 Å². The van der Waals surface area contributed by atoms with E-state index < -0.39 is 0 Å². The Kier molecular flexibility index (Phi) is 6.30. The number of carbonyl (C=O) groups excluding carboxylic acids is 2. The number of hydrogen-bond donors (Lipinski definition) is 1. The second-order valence-electron chi connectivity index (χ2n) is 7.77. The summed E-state index contributed by atoms with van der Waals surface area (Å²) in [6, 6.07) is 6.32. The fourth-order valence-corrected chi connectivity index (χ4v) is 3.83. The molecule has 5 nitrogen and oxygen atoms in total. The smallest absolute Gasteiger partial charge is 0.317 e. The van der Waals surface area contributed by atoms with Gasteiger partial charge < -0.3 is 10.2 Å². The zero-order valence-corrected chi connectivity index (χ0v) is 16.1. The van der Waals surface area contributed by atoms with Crippen LogP contribution in [0, 0.1) is 13.8 Å². The number of ketones is 1. The molecule has 0 bridgehead atoms. The highest BCUT2D eigenvalue weighted by Gasteiger charge is 2.25. The maximum absolute atomic E-state index is 12.5. The number of amides is 2. The molecule has 2 fully saturated rings. The van der Waals surface area contributed by atoms with Crippen LogP contribution in [0.15, 0.2) is 18.2 Å². The Labute approximate surface area is 156 Å². The normalized spacial score (nSPS) is 19.4. The van der Waals surface area contributed by atoms with Gasteiger partial charge in [0.25, 0.3) is 0 Å². The van der Waals surface area contributed by atoms with Crippen molar-refractivity contribution in [2.24, 2.45) is 0 Å². The molecule has 0 atom stereocenters. The van der Waals surface area contributed by atoms with Crippen LogP contribution in [0.4, 0.5) is 4.79 Å². The molecule has 5 heteroatoms. The summed E-state index contributed by atoms with van der Waals surface area (Å²) in [5.41, 5.74) is 3.14. The van der Waals surface area contributed by atoms with Crippen LogP contribution in [0.2, 0.25) is 0 Å². The average Bonchev–Trinajstić information content (AvgIpc) is 2.65. The number of rotatable bonds is 4. The van der Waals surface area contributed by atoms with Crippen LogP contribution in [0.3, 0.4) is 0 Å². The van der Waals surface area contributed by atoms with E-state index in [1.54, 1.807) is 0 Å². The third-order valence-electron chi connectivity index (χ3n) is 5.79. The zero-order valence-electron chi connectivity index (χ0n) is 16.1. The molecule has 1 aliphatic heterocycles. The maximum Gasteiger partial charge on any atom is 0.317 e. The third-order valence-corrected chi connectivity index (χ3v) is 5.79. The topological polar surface area (TPSA) is 52.7 Å². The maximum atomic E-state index is 12.5. The van der Waals surface area contributed by atoms with Crippen molar-refractivity contribution in [1.29, 1.82) is 0 Å². The first-order chi connectivity index (χ1) is 12.5. The Bertz CT molecular complexity index is 645. The van der Waals surface area contributed by atoms with Gasteiger partial charge >= 0.3 is 6.03 Å². The molecule has 2 aliphatic rings. The Morgan fingerprint density at radius 1 is 1.00 bits per heavy atom. The van der Waals surface area contributed by atoms with E-state index >= 15 is 0 Å². The van der Waals surface area contributed by atoms with E-state index in [1.807, 2.05) is 30.0 Å². The number of urea groups is 1. The fourth-order valence-electron chi connectivity index (χ4n) is 3.83. The highest BCUT2D eigenvalue weighted by molar-refractivity contribution is 5.97. The van der Waals surface area contributed by atoms with Crippen molar-refractivity contribution in [1.82, 2.24) is 15.1 Å². The Balaban J connectivity index is 1.45. The lowest BCUT2D eigenvalue weighted by atomic mass is 9.96. The molecular weight excluding hydrogens is 326 g/mol. The third kappa shape index (κ3) is 4.85. The van der Waals surface area contributed by atoms with Crippen LogP contribution in [0.5, 0.6) is 0 Å². The molecule has 2 amide bonds. The molecule has 0 aromatic heterocycles. The molecule has 0 unspecified atom stereocenters. The van der Waals surface area contributed by atoms with Crippen LogP contribution in [0.25, 0.3) is 0 Å². The van der Waals surface area contributed by atoms with E-state index in [-0.39, 0.29) is 11.8 Å². The largest absolute Gasteiger partial charge is 0.335 e. The number of piperazine rings is 1. The summed E-state index contributed by atoms with van der Waals surface area (Å²) >= 11 is 0. The van der Waals surface area contributed by atoms with E-state index in [4.69, 9.17) is 0 Å². The number of nitrogens with zero attached hydrogens (tertiary/aromatic N) is 2. The van der Waals surface area contributed by atoms with Gasteiger partial charge in [-0.05, 0) is 43.9 Å². The van der Waals surface area contributed by atoms with Crippen molar-refractivity contribution in [3.8, 4) is 0 Å². The first-order valence-electron chi connectivity index (χ1n) is 9.91. The molecule has 26 heavy (non-hydrogen) atoms. The number of carbonyl (C=O) groups is 2. The minimum atomic E-state index is 0.0667. The van der Waals surface area contributed by atoms with Crippen LogP contribution in [-0.4, -0.2) is 60.4 Å². The molecule has 0 radical (unpaired) electrons.